The molecule has 0 aliphatic rings. The van der Waals surface area contributed by atoms with E-state index in [0.29, 0.717) is 11.1 Å². The van der Waals surface area contributed by atoms with Gasteiger partial charge in [-0.2, -0.15) is 4.99 Å². The van der Waals surface area contributed by atoms with Crippen LogP contribution in [0.2, 0.25) is 0 Å². The summed E-state index contributed by atoms with van der Waals surface area (Å²) < 4.78 is 24.6. The van der Waals surface area contributed by atoms with Crippen LogP contribution in [0.25, 0.3) is 11.1 Å². The number of guanidine groups is 1. The van der Waals surface area contributed by atoms with Crippen LogP contribution in [-0.4, -0.2) is 26.5 Å². The molecule has 0 spiro atoms. The molecular weight excluding hydrogens is 374 g/mol. The highest BCUT2D eigenvalue weighted by Gasteiger charge is 2.22. The van der Waals surface area contributed by atoms with Gasteiger partial charge in [-0.3, -0.25) is 4.79 Å². The number of carbonyl (C=O) groups is 1. The van der Waals surface area contributed by atoms with E-state index in [4.69, 9.17) is 11.5 Å². The maximum atomic E-state index is 12.4. The first-order valence-electron chi connectivity index (χ1n) is 7.68. The number of amides is 1. The molecule has 2 aromatic rings. The second kappa shape index (κ2) is 8.33. The van der Waals surface area contributed by atoms with Crippen molar-refractivity contribution >= 4 is 34.1 Å². The first-order valence-corrected chi connectivity index (χ1v) is 9.57. The number of hydrogen-bond donors (Lipinski definition) is 2. The smallest absolute Gasteiger partial charge is 0.280 e. The van der Waals surface area contributed by atoms with Crippen molar-refractivity contribution in [1.82, 2.24) is 0 Å². The van der Waals surface area contributed by atoms with Gasteiger partial charge < -0.3 is 11.5 Å². The highest BCUT2D eigenvalue weighted by atomic mass is 35.5. The van der Waals surface area contributed by atoms with Crippen LogP contribution in [-0.2, 0) is 9.84 Å². The Hall–Kier alpha value is -2.38. The zero-order chi connectivity index (χ0) is 18.8. The van der Waals surface area contributed by atoms with Gasteiger partial charge in [0, 0.05) is 17.4 Å². The summed E-state index contributed by atoms with van der Waals surface area (Å²) in [5, 5.41) is 0. The molecule has 4 N–H and O–H groups in total. The summed E-state index contributed by atoms with van der Waals surface area (Å²) in [7, 11) is -3.57. The van der Waals surface area contributed by atoms with Crippen LogP contribution < -0.4 is 11.5 Å². The van der Waals surface area contributed by atoms with E-state index in [0.717, 1.165) is 11.8 Å². The van der Waals surface area contributed by atoms with Gasteiger partial charge in [0.25, 0.3) is 5.91 Å². The van der Waals surface area contributed by atoms with Crippen LogP contribution in [0, 0.1) is 0 Å². The normalized spacial score (nSPS) is 10.9. The maximum Gasteiger partial charge on any atom is 0.280 e. The van der Waals surface area contributed by atoms with Crippen molar-refractivity contribution in [3.05, 3.63) is 53.6 Å². The molecule has 0 radical (unpaired) electrons. The molecule has 0 aliphatic heterocycles. The van der Waals surface area contributed by atoms with Gasteiger partial charge in [0.15, 0.2) is 15.8 Å². The molecule has 8 heteroatoms. The Morgan fingerprint density at radius 2 is 1.65 bits per heavy atom. The van der Waals surface area contributed by atoms with Gasteiger partial charge in [-0.05, 0) is 29.2 Å². The molecule has 0 atom stereocenters. The summed E-state index contributed by atoms with van der Waals surface area (Å²) in [5.74, 6) is -1.05. The number of aliphatic imine (C=N–C) groups is 1. The molecule has 0 heterocycles. The van der Waals surface area contributed by atoms with E-state index in [2.05, 4.69) is 4.99 Å². The van der Waals surface area contributed by atoms with Crippen LogP contribution in [0.5, 0.6) is 0 Å². The van der Waals surface area contributed by atoms with E-state index in [1.807, 2.05) is 44.2 Å². The summed E-state index contributed by atoms with van der Waals surface area (Å²) in [6.07, 6.45) is 1.11. The Kier molecular flexibility index (Phi) is 6.94. The molecule has 2 aromatic carbocycles. The van der Waals surface area contributed by atoms with E-state index in [1.54, 1.807) is 6.07 Å². The molecule has 26 heavy (non-hydrogen) atoms. The summed E-state index contributed by atoms with van der Waals surface area (Å²) in [6.45, 7) is 3.83. The average molecular weight is 396 g/mol. The van der Waals surface area contributed by atoms with Crippen molar-refractivity contribution in [2.45, 2.75) is 24.7 Å². The maximum absolute atomic E-state index is 12.4. The van der Waals surface area contributed by atoms with Crippen molar-refractivity contribution in [2.75, 3.05) is 6.26 Å². The van der Waals surface area contributed by atoms with Crippen LogP contribution in [0.15, 0.2) is 52.4 Å². The van der Waals surface area contributed by atoms with Crippen molar-refractivity contribution in [3.63, 3.8) is 0 Å². The zero-order valence-electron chi connectivity index (χ0n) is 14.8. The Bertz CT molecular complexity index is 936. The van der Waals surface area contributed by atoms with Gasteiger partial charge in [-0.1, -0.05) is 44.2 Å². The first kappa shape index (κ1) is 21.7. The van der Waals surface area contributed by atoms with Crippen LogP contribution in [0.3, 0.4) is 0 Å². The SMILES string of the molecule is CC(C)c1cc(-c2ccccc2)c(S(C)(=O)=O)cc1C(=O)N=C(N)N.Cl. The second-order valence-electron chi connectivity index (χ2n) is 6.07. The number of halogens is 1. The lowest BCUT2D eigenvalue weighted by Crippen LogP contribution is -2.24. The third kappa shape index (κ3) is 4.83. The zero-order valence-corrected chi connectivity index (χ0v) is 16.4. The number of carbonyl (C=O) groups excluding carboxylic acids is 1. The lowest BCUT2D eigenvalue weighted by molar-refractivity contribution is 0.100. The number of nitrogens with zero attached hydrogens (tertiary/aromatic N) is 1. The molecule has 2 rings (SSSR count). The largest absolute Gasteiger partial charge is 0.370 e. The molecule has 140 valence electrons. The molecule has 0 saturated heterocycles. The molecule has 0 fully saturated rings. The minimum absolute atomic E-state index is 0. The predicted octanol–water partition coefficient (Wildman–Crippen LogP) is 2.72. The van der Waals surface area contributed by atoms with Crippen molar-refractivity contribution in [2.24, 2.45) is 16.5 Å². The van der Waals surface area contributed by atoms with E-state index >= 15 is 0 Å². The van der Waals surface area contributed by atoms with Crippen LogP contribution >= 0.6 is 12.4 Å². The Labute approximate surface area is 159 Å². The second-order valence-corrected chi connectivity index (χ2v) is 8.05. The molecule has 1 amide bonds. The third-order valence-electron chi connectivity index (χ3n) is 3.72. The summed E-state index contributed by atoms with van der Waals surface area (Å²) >= 11 is 0. The molecule has 0 aromatic heterocycles. The summed E-state index contributed by atoms with van der Waals surface area (Å²) in [6, 6.07) is 12.2. The lowest BCUT2D eigenvalue weighted by atomic mass is 9.92. The Balaban J connectivity index is 0.00000338. The fourth-order valence-corrected chi connectivity index (χ4v) is 3.50. The van der Waals surface area contributed by atoms with Gasteiger partial charge in [0.2, 0.25) is 0 Å². The number of nitrogens with two attached hydrogens (primary N) is 2. The van der Waals surface area contributed by atoms with E-state index in [9.17, 15) is 13.2 Å². The number of sulfone groups is 1. The highest BCUT2D eigenvalue weighted by Crippen LogP contribution is 2.33. The summed E-state index contributed by atoms with van der Waals surface area (Å²) in [4.78, 5) is 16.0. The molecule has 0 saturated carbocycles. The number of benzene rings is 2. The molecule has 0 unspecified atom stereocenters. The lowest BCUT2D eigenvalue weighted by Gasteiger charge is -2.16. The average Bonchev–Trinajstić information content (AvgIpc) is 2.52. The van der Waals surface area contributed by atoms with Gasteiger partial charge in [-0.15, -0.1) is 12.4 Å². The minimum Gasteiger partial charge on any atom is -0.370 e. The predicted molar refractivity (Wildman–Crippen MR) is 106 cm³/mol. The van der Waals surface area contributed by atoms with Crippen molar-refractivity contribution in [3.8, 4) is 11.1 Å². The van der Waals surface area contributed by atoms with Crippen LogP contribution in [0.4, 0.5) is 0 Å². The standard InChI is InChI=1S/C18H21N3O3S.ClH/c1-11(2)13-9-14(12-7-5-4-6-8-12)16(25(3,23)24)10-15(13)17(22)21-18(19)20;/h4-11H,1-3H3,(H4,19,20,21,22);1H. The fraction of sp³-hybridized carbons (Fsp3) is 0.222. The van der Waals surface area contributed by atoms with E-state index in [-0.39, 0.29) is 34.7 Å². The van der Waals surface area contributed by atoms with Gasteiger partial charge in [0.1, 0.15) is 0 Å². The third-order valence-corrected chi connectivity index (χ3v) is 4.86. The van der Waals surface area contributed by atoms with Crippen LogP contribution in [0.1, 0.15) is 35.7 Å². The van der Waals surface area contributed by atoms with Gasteiger partial charge in [-0.25, -0.2) is 8.42 Å². The Morgan fingerprint density at radius 1 is 1.08 bits per heavy atom. The quantitative estimate of drug-likeness (QED) is 0.609. The van der Waals surface area contributed by atoms with E-state index in [1.165, 1.54) is 6.07 Å². The summed E-state index contributed by atoms with van der Waals surface area (Å²) in [5.41, 5.74) is 12.8. The van der Waals surface area contributed by atoms with E-state index < -0.39 is 15.7 Å². The molecule has 0 bridgehead atoms. The number of hydrogen-bond acceptors (Lipinski definition) is 3. The molecule has 6 nitrogen and oxygen atoms in total. The van der Waals surface area contributed by atoms with Crippen molar-refractivity contribution < 1.29 is 13.2 Å². The minimum atomic E-state index is -3.57. The first-order chi connectivity index (χ1) is 11.6. The van der Waals surface area contributed by atoms with Gasteiger partial charge >= 0.3 is 0 Å². The van der Waals surface area contributed by atoms with Crippen molar-refractivity contribution in [1.29, 1.82) is 0 Å². The topological polar surface area (TPSA) is 116 Å². The number of rotatable bonds is 4. The molecule has 0 aliphatic carbocycles. The highest BCUT2D eigenvalue weighted by molar-refractivity contribution is 7.90. The Morgan fingerprint density at radius 3 is 2.12 bits per heavy atom. The molecular formula is C18H22ClN3O3S. The fourth-order valence-electron chi connectivity index (χ4n) is 2.59. The monoisotopic (exact) mass is 395 g/mol. The van der Waals surface area contributed by atoms with Gasteiger partial charge in [0.05, 0.1) is 4.90 Å².